The van der Waals surface area contributed by atoms with Gasteiger partial charge in [-0.3, -0.25) is 20.0 Å². The molecule has 0 saturated carbocycles. The molecule has 0 unspecified atom stereocenters. The van der Waals surface area contributed by atoms with Gasteiger partial charge in [0.15, 0.2) is 5.69 Å². The summed E-state index contributed by atoms with van der Waals surface area (Å²) in [4.78, 5) is 21.9. The highest BCUT2D eigenvalue weighted by atomic mass is 35.5. The van der Waals surface area contributed by atoms with Crippen LogP contribution in [0.4, 0.5) is 5.69 Å². The number of carbonyl (C=O) groups is 1. The van der Waals surface area contributed by atoms with E-state index in [-0.39, 0.29) is 21.7 Å². The molecule has 2 rings (SSSR count). The van der Waals surface area contributed by atoms with Crippen molar-refractivity contribution in [3.8, 4) is 5.75 Å². The van der Waals surface area contributed by atoms with Crippen molar-refractivity contribution in [1.29, 1.82) is 0 Å². The van der Waals surface area contributed by atoms with Crippen LogP contribution in [0.3, 0.4) is 0 Å². The number of H-pyrrole nitrogens is 1. The number of aromatic nitrogens is 2. The molecule has 0 fully saturated rings. The molecule has 0 saturated heterocycles. The number of carbonyl (C=O) groups excluding carboxylic acids is 1. The number of amides is 1. The molecule has 1 aromatic heterocycles. The van der Waals surface area contributed by atoms with Crippen LogP contribution in [-0.2, 0) is 5.41 Å². The second-order valence-electron chi connectivity index (χ2n) is 6.22. The number of hydrogen-bond acceptors (Lipinski definition) is 6. The Morgan fingerprint density at radius 2 is 2.08 bits per heavy atom. The van der Waals surface area contributed by atoms with E-state index in [1.165, 1.54) is 6.07 Å². The van der Waals surface area contributed by atoms with Gasteiger partial charge in [-0.25, -0.2) is 5.43 Å². The number of rotatable bonds is 4. The fraction of sp³-hybridized carbons (Fsp3) is 0.267. The summed E-state index contributed by atoms with van der Waals surface area (Å²) in [5, 5.41) is 33.0. The van der Waals surface area contributed by atoms with Crippen molar-refractivity contribution in [3.63, 3.8) is 0 Å². The highest BCUT2D eigenvalue weighted by Crippen LogP contribution is 2.29. The summed E-state index contributed by atoms with van der Waals surface area (Å²) in [6, 6.07) is 3.77. The average Bonchev–Trinajstić information content (AvgIpc) is 3.00. The number of hydrogen-bond donors (Lipinski definition) is 2. The second kappa shape index (κ2) is 6.89. The van der Waals surface area contributed by atoms with Crippen molar-refractivity contribution >= 4 is 29.4 Å². The molecule has 0 aliphatic rings. The average molecular weight is 365 g/mol. The lowest BCUT2D eigenvalue weighted by Crippen LogP contribution is -2.18. The Morgan fingerprint density at radius 3 is 2.64 bits per heavy atom. The molecule has 0 aliphatic carbocycles. The van der Waals surface area contributed by atoms with Crippen LogP contribution in [0.2, 0.25) is 5.02 Å². The highest BCUT2D eigenvalue weighted by Gasteiger charge is 2.19. The normalized spacial score (nSPS) is 11.7. The van der Waals surface area contributed by atoms with Crippen LogP contribution in [0, 0.1) is 10.1 Å². The van der Waals surface area contributed by atoms with E-state index in [1.807, 2.05) is 20.8 Å². The molecular formula is C15H15ClN5O4-. The number of nitrogens with one attached hydrogen (secondary N) is 2. The van der Waals surface area contributed by atoms with Gasteiger partial charge in [-0.15, -0.1) is 0 Å². The van der Waals surface area contributed by atoms with Gasteiger partial charge in [0.1, 0.15) is 0 Å². The number of halogens is 1. The van der Waals surface area contributed by atoms with Gasteiger partial charge >= 0.3 is 0 Å². The number of hydrazone groups is 1. The molecule has 9 nitrogen and oxygen atoms in total. The molecule has 0 atom stereocenters. The van der Waals surface area contributed by atoms with Gasteiger partial charge in [0, 0.05) is 22.2 Å². The summed E-state index contributed by atoms with van der Waals surface area (Å²) in [5.74, 6) is -1.44. The van der Waals surface area contributed by atoms with Crippen molar-refractivity contribution in [2.75, 3.05) is 0 Å². The summed E-state index contributed by atoms with van der Waals surface area (Å²) in [7, 11) is 0. The van der Waals surface area contributed by atoms with Gasteiger partial charge in [-0.2, -0.15) is 10.2 Å². The van der Waals surface area contributed by atoms with Gasteiger partial charge in [-0.05, 0) is 23.4 Å². The monoisotopic (exact) mass is 364 g/mol. The minimum atomic E-state index is -0.845. The maximum atomic E-state index is 12.0. The Morgan fingerprint density at radius 1 is 1.40 bits per heavy atom. The largest absolute Gasteiger partial charge is 0.867 e. The van der Waals surface area contributed by atoms with E-state index in [4.69, 9.17) is 11.6 Å². The predicted molar refractivity (Wildman–Crippen MR) is 89.9 cm³/mol. The zero-order valence-corrected chi connectivity index (χ0v) is 14.4. The smallest absolute Gasteiger partial charge is 0.291 e. The standard InChI is InChI=1S/C15H16ClN5O4/c1-15(2,3)12-6-10(18-19-12)14(23)20-17-7-8-4-9(16)5-11(13(8)22)21(24)25/h4-7,22H,1-3H3,(H,18,19)(H,20,23)/p-1/b17-7-. The molecule has 132 valence electrons. The van der Waals surface area contributed by atoms with E-state index < -0.39 is 22.3 Å². The number of nitro benzene ring substituents is 1. The molecule has 2 aromatic rings. The summed E-state index contributed by atoms with van der Waals surface area (Å²) in [6.45, 7) is 5.88. The van der Waals surface area contributed by atoms with Gasteiger partial charge in [0.25, 0.3) is 11.6 Å². The Kier molecular flexibility index (Phi) is 5.07. The molecule has 1 amide bonds. The minimum absolute atomic E-state index is 0.0150. The van der Waals surface area contributed by atoms with E-state index in [9.17, 15) is 20.0 Å². The zero-order chi connectivity index (χ0) is 18.8. The second-order valence-corrected chi connectivity index (χ2v) is 6.65. The molecule has 1 aromatic carbocycles. The van der Waals surface area contributed by atoms with Crippen LogP contribution < -0.4 is 10.5 Å². The minimum Gasteiger partial charge on any atom is -0.867 e. The topological polar surface area (TPSA) is 136 Å². The third kappa shape index (κ3) is 4.32. The van der Waals surface area contributed by atoms with Crippen molar-refractivity contribution in [2.45, 2.75) is 26.2 Å². The number of aromatic amines is 1. The molecular weight excluding hydrogens is 350 g/mol. The molecule has 10 heteroatoms. The SMILES string of the molecule is CC(C)(C)c1cc(C(=O)N/N=C\c2cc(Cl)cc([N+](=O)[O-])c2[O-])n[nH]1. The molecule has 2 N–H and O–H groups in total. The van der Waals surface area contributed by atoms with Crippen molar-refractivity contribution in [1.82, 2.24) is 15.6 Å². The first kappa shape index (κ1) is 18.4. The fourth-order valence-electron chi connectivity index (χ4n) is 1.87. The molecule has 0 radical (unpaired) electrons. The lowest BCUT2D eigenvalue weighted by Gasteiger charge is -2.14. The maximum absolute atomic E-state index is 12.0. The van der Waals surface area contributed by atoms with Gasteiger partial charge in [0.05, 0.1) is 11.1 Å². The number of benzene rings is 1. The van der Waals surface area contributed by atoms with Crippen LogP contribution >= 0.6 is 11.6 Å². The first-order valence-electron chi connectivity index (χ1n) is 7.14. The molecule has 0 spiro atoms. The van der Waals surface area contributed by atoms with Gasteiger partial charge < -0.3 is 5.11 Å². The van der Waals surface area contributed by atoms with E-state index in [2.05, 4.69) is 20.7 Å². The molecule has 1 heterocycles. The van der Waals surface area contributed by atoms with E-state index in [0.29, 0.717) is 0 Å². The third-order valence-corrected chi connectivity index (χ3v) is 3.47. The summed E-state index contributed by atoms with van der Waals surface area (Å²) in [6.07, 6.45) is 0.996. The quantitative estimate of drug-likeness (QED) is 0.486. The van der Waals surface area contributed by atoms with Crippen LogP contribution in [-0.4, -0.2) is 27.2 Å². The summed E-state index contributed by atoms with van der Waals surface area (Å²) < 4.78 is 0. The Bertz CT molecular complexity index is 854. The highest BCUT2D eigenvalue weighted by molar-refractivity contribution is 6.31. The van der Waals surface area contributed by atoms with Gasteiger partial charge in [-0.1, -0.05) is 32.4 Å². The molecule has 0 bridgehead atoms. The third-order valence-electron chi connectivity index (χ3n) is 3.25. The fourth-order valence-corrected chi connectivity index (χ4v) is 2.09. The summed E-state index contributed by atoms with van der Waals surface area (Å²) in [5.41, 5.74) is 2.12. The Labute approximate surface area is 147 Å². The lowest BCUT2D eigenvalue weighted by molar-refractivity contribution is -0.398. The van der Waals surface area contributed by atoms with Crippen LogP contribution in [0.25, 0.3) is 0 Å². The van der Waals surface area contributed by atoms with Crippen LogP contribution in [0.1, 0.15) is 42.5 Å². The van der Waals surface area contributed by atoms with E-state index in [0.717, 1.165) is 18.0 Å². The van der Waals surface area contributed by atoms with Crippen LogP contribution in [0.15, 0.2) is 23.3 Å². The first-order chi connectivity index (χ1) is 11.6. The Hall–Kier alpha value is -2.94. The maximum Gasteiger partial charge on any atom is 0.291 e. The van der Waals surface area contributed by atoms with E-state index in [1.54, 1.807) is 6.07 Å². The Balaban J connectivity index is 2.15. The zero-order valence-electron chi connectivity index (χ0n) is 13.7. The molecule has 0 aliphatic heterocycles. The number of nitrogens with zero attached hydrogens (tertiary/aromatic N) is 3. The van der Waals surface area contributed by atoms with Gasteiger partial charge in [0.2, 0.25) is 0 Å². The van der Waals surface area contributed by atoms with Crippen molar-refractivity contribution < 1.29 is 14.8 Å². The predicted octanol–water partition coefficient (Wildman–Crippen LogP) is 2.11. The van der Waals surface area contributed by atoms with Crippen molar-refractivity contribution in [2.24, 2.45) is 5.10 Å². The summed E-state index contributed by atoms with van der Waals surface area (Å²) >= 11 is 5.74. The van der Waals surface area contributed by atoms with Crippen molar-refractivity contribution in [3.05, 3.63) is 50.3 Å². The lowest BCUT2D eigenvalue weighted by atomic mass is 9.92. The number of nitro groups is 1. The van der Waals surface area contributed by atoms with Crippen LogP contribution in [0.5, 0.6) is 5.75 Å². The first-order valence-corrected chi connectivity index (χ1v) is 7.51. The van der Waals surface area contributed by atoms with E-state index >= 15 is 0 Å². The molecule has 25 heavy (non-hydrogen) atoms.